The van der Waals surface area contributed by atoms with E-state index in [4.69, 9.17) is 0 Å². The summed E-state index contributed by atoms with van der Waals surface area (Å²) in [6.07, 6.45) is 0. The zero-order chi connectivity index (χ0) is 35.5. The Morgan fingerprint density at radius 1 is 0.373 bits per heavy atom. The fraction of sp³-hybridized carbons (Fsp3) is 0.240. The lowest BCUT2D eigenvalue weighted by Crippen LogP contribution is -2.44. The third-order valence-electron chi connectivity index (χ3n) is 13.7. The van der Waals surface area contributed by atoms with Gasteiger partial charge in [-0.25, -0.2) is 0 Å². The highest BCUT2D eigenvalue weighted by atomic mass is 15.1. The molecule has 2 aliphatic carbocycles. The molecule has 0 amide bonds. The number of nitrogens with zero attached hydrogens (tertiary/aromatic N) is 1. The van der Waals surface area contributed by atoms with Crippen molar-refractivity contribution in [2.24, 2.45) is 0 Å². The number of anilines is 3. The van der Waals surface area contributed by atoms with Gasteiger partial charge in [0.1, 0.15) is 0 Å². The fourth-order valence-electron chi connectivity index (χ4n) is 9.50. The summed E-state index contributed by atoms with van der Waals surface area (Å²) in [6, 6.07) is 52.6. The lowest BCUT2D eigenvalue weighted by molar-refractivity contribution is 0.299. The molecule has 0 radical (unpaired) electrons. The van der Waals surface area contributed by atoms with Gasteiger partial charge < -0.3 is 4.90 Å². The first-order chi connectivity index (χ1) is 24.4. The van der Waals surface area contributed by atoms with E-state index in [0.29, 0.717) is 0 Å². The number of hydrogen-bond acceptors (Lipinski definition) is 1. The molecule has 1 nitrogen and oxygen atoms in total. The molecule has 0 atom stereocenters. The number of hydrogen-bond donors (Lipinski definition) is 0. The zero-order valence-corrected chi connectivity index (χ0v) is 31.2. The standard InChI is InChI=1S/C50H47N/c1-47(2)41-24-16-14-22-36(41)37-29-27-34(30-43(37)49(47,5)6)51(33-19-10-9-11-20-33)44-31-40-35-21-13-12-18-32(35)26-28-38(40)46-45(44)39-23-15-17-25-42(39)48(3,4)50(46,7)8/h9-31H,1-8H3. The van der Waals surface area contributed by atoms with E-state index in [9.17, 15) is 0 Å². The van der Waals surface area contributed by atoms with Crippen molar-refractivity contribution in [3.05, 3.63) is 162 Å². The maximum absolute atomic E-state index is 2.55. The molecule has 9 rings (SSSR count). The minimum absolute atomic E-state index is 0.0532. The van der Waals surface area contributed by atoms with Crippen molar-refractivity contribution in [3.63, 3.8) is 0 Å². The Morgan fingerprint density at radius 3 is 1.69 bits per heavy atom. The molecular formula is C50H47N. The van der Waals surface area contributed by atoms with Crippen LogP contribution >= 0.6 is 0 Å². The van der Waals surface area contributed by atoms with Crippen molar-refractivity contribution in [3.8, 4) is 22.3 Å². The molecule has 7 aromatic rings. The van der Waals surface area contributed by atoms with Crippen LogP contribution in [0.15, 0.2) is 140 Å². The fourth-order valence-corrected chi connectivity index (χ4v) is 9.50. The van der Waals surface area contributed by atoms with E-state index in [2.05, 4.69) is 200 Å². The van der Waals surface area contributed by atoms with Crippen LogP contribution in [-0.4, -0.2) is 0 Å². The first-order valence-electron chi connectivity index (χ1n) is 18.5. The van der Waals surface area contributed by atoms with Gasteiger partial charge in [0, 0.05) is 22.4 Å². The van der Waals surface area contributed by atoms with Crippen molar-refractivity contribution >= 4 is 38.6 Å². The summed E-state index contributed by atoms with van der Waals surface area (Å²) < 4.78 is 0. The van der Waals surface area contributed by atoms with E-state index in [1.54, 1.807) is 0 Å². The van der Waals surface area contributed by atoms with Gasteiger partial charge in [-0.1, -0.05) is 165 Å². The van der Waals surface area contributed by atoms with Crippen molar-refractivity contribution in [1.29, 1.82) is 0 Å². The van der Waals surface area contributed by atoms with Crippen LogP contribution in [0, 0.1) is 0 Å². The SMILES string of the molecule is CC1(C)c2ccccc2-c2ccc(N(c3ccccc3)c3cc4c(ccc5ccccc54)c4c3-c3ccccc3C(C)(C)C4(C)C)cc2C1(C)C. The van der Waals surface area contributed by atoms with Gasteiger partial charge in [0.2, 0.25) is 0 Å². The summed E-state index contributed by atoms with van der Waals surface area (Å²) in [6.45, 7) is 19.5. The van der Waals surface area contributed by atoms with E-state index in [1.807, 2.05) is 0 Å². The summed E-state index contributed by atoms with van der Waals surface area (Å²) in [4.78, 5) is 2.55. The molecule has 0 N–H and O–H groups in total. The monoisotopic (exact) mass is 661 g/mol. The molecule has 0 saturated carbocycles. The number of benzene rings is 7. The first-order valence-corrected chi connectivity index (χ1v) is 18.5. The van der Waals surface area contributed by atoms with Crippen molar-refractivity contribution in [1.82, 2.24) is 0 Å². The Bertz CT molecular complexity index is 2530. The Hall–Kier alpha value is -5.14. The van der Waals surface area contributed by atoms with Crippen LogP contribution < -0.4 is 4.90 Å². The normalized spacial score (nSPS) is 17.3. The molecule has 7 aromatic carbocycles. The Morgan fingerprint density at radius 2 is 0.941 bits per heavy atom. The smallest absolute Gasteiger partial charge is 0.0549 e. The second kappa shape index (κ2) is 10.7. The molecular weight excluding hydrogens is 615 g/mol. The molecule has 1 heteroatoms. The van der Waals surface area contributed by atoms with Crippen LogP contribution in [0.2, 0.25) is 0 Å². The number of fused-ring (bicyclic) bond motifs is 10. The maximum atomic E-state index is 2.55. The first kappa shape index (κ1) is 31.8. The van der Waals surface area contributed by atoms with E-state index in [0.717, 1.165) is 5.69 Å². The predicted molar refractivity (Wildman–Crippen MR) is 219 cm³/mol. The molecule has 0 aliphatic heterocycles. The Labute approximate surface area is 303 Å². The zero-order valence-electron chi connectivity index (χ0n) is 31.2. The van der Waals surface area contributed by atoms with Crippen LogP contribution in [-0.2, 0) is 21.7 Å². The van der Waals surface area contributed by atoms with E-state index < -0.39 is 0 Å². The van der Waals surface area contributed by atoms with Gasteiger partial charge >= 0.3 is 0 Å². The molecule has 0 spiro atoms. The molecule has 0 saturated heterocycles. The van der Waals surface area contributed by atoms with Crippen LogP contribution in [0.5, 0.6) is 0 Å². The molecule has 0 heterocycles. The van der Waals surface area contributed by atoms with Gasteiger partial charge in [-0.3, -0.25) is 0 Å². The average molecular weight is 662 g/mol. The van der Waals surface area contributed by atoms with Crippen LogP contribution in [0.4, 0.5) is 17.1 Å². The van der Waals surface area contributed by atoms with Gasteiger partial charge in [-0.15, -0.1) is 0 Å². The summed E-state index contributed by atoms with van der Waals surface area (Å²) in [5.74, 6) is 0. The van der Waals surface area contributed by atoms with Gasteiger partial charge in [-0.2, -0.15) is 0 Å². The lowest BCUT2D eigenvalue weighted by Gasteiger charge is -2.50. The summed E-state index contributed by atoms with van der Waals surface area (Å²) in [5.41, 5.74) is 14.2. The van der Waals surface area contributed by atoms with Crippen LogP contribution in [0.3, 0.4) is 0 Å². The topological polar surface area (TPSA) is 3.24 Å². The molecule has 0 aromatic heterocycles. The second-order valence-electron chi connectivity index (χ2n) is 17.0. The highest BCUT2D eigenvalue weighted by molar-refractivity contribution is 6.14. The molecule has 252 valence electrons. The van der Waals surface area contributed by atoms with Crippen molar-refractivity contribution < 1.29 is 0 Å². The second-order valence-corrected chi connectivity index (χ2v) is 17.0. The summed E-state index contributed by atoms with van der Waals surface area (Å²) in [7, 11) is 0. The van der Waals surface area contributed by atoms with E-state index in [-0.39, 0.29) is 21.7 Å². The Kier molecular flexibility index (Phi) is 6.67. The third kappa shape index (κ3) is 4.21. The third-order valence-corrected chi connectivity index (χ3v) is 13.7. The van der Waals surface area contributed by atoms with Crippen molar-refractivity contribution in [2.75, 3.05) is 4.90 Å². The van der Waals surface area contributed by atoms with Crippen LogP contribution in [0.25, 0.3) is 43.8 Å². The molecule has 2 aliphatic rings. The van der Waals surface area contributed by atoms with Gasteiger partial charge in [0.25, 0.3) is 0 Å². The van der Waals surface area contributed by atoms with E-state index in [1.165, 1.54) is 77.4 Å². The largest absolute Gasteiger partial charge is 0.310 e. The minimum Gasteiger partial charge on any atom is -0.310 e. The average Bonchev–Trinajstić information content (AvgIpc) is 3.13. The number of para-hydroxylation sites is 1. The summed E-state index contributed by atoms with van der Waals surface area (Å²) >= 11 is 0. The molecule has 51 heavy (non-hydrogen) atoms. The van der Waals surface area contributed by atoms with Gasteiger partial charge in [0.05, 0.1) is 5.69 Å². The maximum Gasteiger partial charge on any atom is 0.0549 e. The van der Waals surface area contributed by atoms with Crippen molar-refractivity contribution in [2.45, 2.75) is 77.0 Å². The molecule has 0 bridgehead atoms. The van der Waals surface area contributed by atoms with Gasteiger partial charge in [0.15, 0.2) is 0 Å². The Balaban J connectivity index is 1.43. The summed E-state index contributed by atoms with van der Waals surface area (Å²) in [5, 5.41) is 5.22. The minimum atomic E-state index is -0.165. The quantitative estimate of drug-likeness (QED) is 0.170. The molecule has 0 fully saturated rings. The highest BCUT2D eigenvalue weighted by Gasteiger charge is 2.49. The lowest BCUT2D eigenvalue weighted by atomic mass is 9.54. The highest BCUT2D eigenvalue weighted by Crippen LogP contribution is 2.60. The van der Waals surface area contributed by atoms with Gasteiger partial charge in [-0.05, 0) is 107 Å². The number of rotatable bonds is 3. The molecule has 0 unspecified atom stereocenters. The predicted octanol–water partition coefficient (Wildman–Crippen LogP) is 13.9. The van der Waals surface area contributed by atoms with E-state index >= 15 is 0 Å². The van der Waals surface area contributed by atoms with Crippen LogP contribution in [0.1, 0.15) is 77.6 Å².